The number of hydrogen-bond donors (Lipinski definition) is 0. The van der Waals surface area contributed by atoms with E-state index in [1.54, 1.807) is 7.11 Å². The molecule has 0 spiro atoms. The van der Waals surface area contributed by atoms with E-state index in [0.717, 1.165) is 35.5 Å². The number of ether oxygens (including phenoxy) is 3. The minimum atomic E-state index is 0.0653. The summed E-state index contributed by atoms with van der Waals surface area (Å²) in [6, 6.07) is 12.0. The van der Waals surface area contributed by atoms with Gasteiger partial charge in [0.25, 0.3) is 5.91 Å². The molecule has 0 radical (unpaired) electrons. The Morgan fingerprint density at radius 2 is 1.89 bits per heavy atom. The first kappa shape index (κ1) is 17.9. The average molecular weight is 367 g/mol. The zero-order valence-corrected chi connectivity index (χ0v) is 15.9. The normalized spacial score (nSPS) is 18.7. The van der Waals surface area contributed by atoms with Crippen molar-refractivity contribution in [2.45, 2.75) is 25.9 Å². The highest BCUT2D eigenvalue weighted by atomic mass is 16.5. The van der Waals surface area contributed by atoms with E-state index in [0.29, 0.717) is 31.9 Å². The maximum atomic E-state index is 12.6. The molecule has 0 bridgehead atoms. The predicted molar refractivity (Wildman–Crippen MR) is 104 cm³/mol. The third kappa shape index (κ3) is 3.52. The number of hydrogen-bond acceptors (Lipinski definition) is 4. The van der Waals surface area contributed by atoms with Crippen molar-refractivity contribution in [3.05, 3.63) is 47.5 Å². The molecule has 2 heterocycles. The molecule has 0 N–H and O–H groups in total. The van der Waals surface area contributed by atoms with Gasteiger partial charge in [0.1, 0.15) is 6.10 Å². The molecule has 27 heavy (non-hydrogen) atoms. The van der Waals surface area contributed by atoms with Gasteiger partial charge in [0, 0.05) is 30.6 Å². The Hall–Kier alpha value is -2.53. The Labute approximate surface area is 159 Å². The van der Waals surface area contributed by atoms with Crippen molar-refractivity contribution in [2.75, 3.05) is 33.4 Å². The van der Waals surface area contributed by atoms with Gasteiger partial charge < -0.3 is 19.1 Å². The predicted octanol–water partition coefficient (Wildman–Crippen LogP) is 3.55. The number of morpholine rings is 1. The number of nitrogens with zero attached hydrogens (tertiary/aromatic N) is 1. The first-order valence-electron chi connectivity index (χ1n) is 9.54. The Morgan fingerprint density at radius 1 is 1.15 bits per heavy atom. The monoisotopic (exact) mass is 367 g/mol. The van der Waals surface area contributed by atoms with Crippen molar-refractivity contribution in [1.29, 1.82) is 0 Å². The summed E-state index contributed by atoms with van der Waals surface area (Å²) in [4.78, 5) is 14.5. The lowest BCUT2D eigenvalue weighted by Gasteiger charge is -2.26. The van der Waals surface area contributed by atoms with Crippen LogP contribution < -0.4 is 9.47 Å². The van der Waals surface area contributed by atoms with E-state index in [1.807, 2.05) is 35.2 Å². The molecule has 1 atom stereocenters. The minimum absolute atomic E-state index is 0.0653. The highest BCUT2D eigenvalue weighted by molar-refractivity contribution is 5.94. The summed E-state index contributed by atoms with van der Waals surface area (Å²) in [5, 5.41) is 0. The lowest BCUT2D eigenvalue weighted by atomic mass is 9.99. The Bertz CT molecular complexity index is 825. The van der Waals surface area contributed by atoms with Gasteiger partial charge in [-0.15, -0.1) is 0 Å². The topological polar surface area (TPSA) is 48.0 Å². The highest BCUT2D eigenvalue weighted by Crippen LogP contribution is 2.42. The number of fused-ring (bicyclic) bond motifs is 1. The van der Waals surface area contributed by atoms with Gasteiger partial charge in [-0.05, 0) is 41.8 Å². The molecule has 5 heteroatoms. The minimum Gasteiger partial charge on any atom is -0.493 e. The molecular weight excluding hydrogens is 342 g/mol. The number of methoxy groups -OCH3 is 1. The Morgan fingerprint density at radius 3 is 2.56 bits per heavy atom. The van der Waals surface area contributed by atoms with Crippen LogP contribution in [0.1, 0.15) is 29.3 Å². The molecule has 2 aromatic carbocycles. The van der Waals surface area contributed by atoms with E-state index in [1.165, 1.54) is 5.56 Å². The van der Waals surface area contributed by atoms with E-state index in [-0.39, 0.29) is 12.0 Å². The van der Waals surface area contributed by atoms with E-state index in [9.17, 15) is 4.79 Å². The van der Waals surface area contributed by atoms with Crippen LogP contribution in [0.2, 0.25) is 0 Å². The van der Waals surface area contributed by atoms with Crippen LogP contribution in [-0.4, -0.2) is 50.3 Å². The Balaban J connectivity index is 1.58. The quantitative estimate of drug-likeness (QED) is 0.829. The third-order valence-corrected chi connectivity index (χ3v) is 5.30. The standard InChI is InChI=1S/C22H25NO4/c1-3-19-13-18-12-17(14-20(25-2)21(18)27-19)15-4-6-16(7-5-15)22(24)23-8-10-26-11-9-23/h4-7,12,14,19H,3,8-11,13H2,1-2H3. The maximum Gasteiger partial charge on any atom is 0.254 e. The largest absolute Gasteiger partial charge is 0.493 e. The molecule has 4 rings (SSSR count). The number of benzene rings is 2. The second-order valence-corrected chi connectivity index (χ2v) is 7.00. The van der Waals surface area contributed by atoms with Gasteiger partial charge in [-0.2, -0.15) is 0 Å². The second-order valence-electron chi connectivity index (χ2n) is 7.00. The number of carbonyl (C=O) groups excluding carboxylic acids is 1. The van der Waals surface area contributed by atoms with Crippen LogP contribution in [0.5, 0.6) is 11.5 Å². The zero-order valence-electron chi connectivity index (χ0n) is 15.9. The third-order valence-electron chi connectivity index (χ3n) is 5.30. The number of amides is 1. The van der Waals surface area contributed by atoms with Gasteiger partial charge in [-0.25, -0.2) is 0 Å². The fourth-order valence-electron chi connectivity index (χ4n) is 3.70. The molecule has 1 saturated heterocycles. The molecule has 142 valence electrons. The van der Waals surface area contributed by atoms with E-state index >= 15 is 0 Å². The molecule has 1 amide bonds. The van der Waals surface area contributed by atoms with Gasteiger partial charge in [0.15, 0.2) is 11.5 Å². The first-order valence-corrected chi connectivity index (χ1v) is 9.54. The fraction of sp³-hybridized carbons (Fsp3) is 0.409. The van der Waals surface area contributed by atoms with Crippen molar-refractivity contribution in [3.63, 3.8) is 0 Å². The van der Waals surface area contributed by atoms with E-state index in [2.05, 4.69) is 13.0 Å². The van der Waals surface area contributed by atoms with Crippen molar-refractivity contribution in [2.24, 2.45) is 0 Å². The summed E-state index contributed by atoms with van der Waals surface area (Å²) < 4.78 is 16.9. The van der Waals surface area contributed by atoms with Gasteiger partial charge in [-0.3, -0.25) is 4.79 Å². The Kier molecular flexibility index (Phi) is 5.03. The van der Waals surface area contributed by atoms with Crippen LogP contribution in [0.15, 0.2) is 36.4 Å². The summed E-state index contributed by atoms with van der Waals surface area (Å²) in [7, 11) is 1.67. The lowest BCUT2D eigenvalue weighted by molar-refractivity contribution is 0.0303. The van der Waals surface area contributed by atoms with Crippen molar-refractivity contribution in [1.82, 2.24) is 4.90 Å². The average Bonchev–Trinajstić information content (AvgIpc) is 3.16. The first-order chi connectivity index (χ1) is 13.2. The molecule has 0 saturated carbocycles. The maximum absolute atomic E-state index is 12.6. The summed E-state index contributed by atoms with van der Waals surface area (Å²) >= 11 is 0. The number of carbonyl (C=O) groups is 1. The van der Waals surface area contributed by atoms with Crippen LogP contribution in [0.25, 0.3) is 11.1 Å². The van der Waals surface area contributed by atoms with Crippen LogP contribution in [-0.2, 0) is 11.2 Å². The van der Waals surface area contributed by atoms with Crippen LogP contribution in [0.4, 0.5) is 0 Å². The van der Waals surface area contributed by atoms with Crippen molar-refractivity contribution in [3.8, 4) is 22.6 Å². The van der Waals surface area contributed by atoms with Crippen LogP contribution in [0.3, 0.4) is 0 Å². The lowest BCUT2D eigenvalue weighted by Crippen LogP contribution is -2.40. The zero-order chi connectivity index (χ0) is 18.8. The molecule has 1 fully saturated rings. The van der Waals surface area contributed by atoms with E-state index in [4.69, 9.17) is 14.2 Å². The SMILES string of the molecule is CCC1Cc2cc(-c3ccc(C(=O)N4CCOCC4)cc3)cc(OC)c2O1. The van der Waals surface area contributed by atoms with Gasteiger partial charge in [0.05, 0.1) is 20.3 Å². The second kappa shape index (κ2) is 7.61. The van der Waals surface area contributed by atoms with Gasteiger partial charge >= 0.3 is 0 Å². The molecule has 1 unspecified atom stereocenters. The molecule has 2 aliphatic heterocycles. The van der Waals surface area contributed by atoms with Gasteiger partial charge in [-0.1, -0.05) is 19.1 Å². The number of rotatable bonds is 4. The molecule has 0 aliphatic carbocycles. The molecule has 5 nitrogen and oxygen atoms in total. The van der Waals surface area contributed by atoms with Crippen LogP contribution in [0, 0.1) is 0 Å². The molecular formula is C22H25NO4. The fourth-order valence-corrected chi connectivity index (χ4v) is 3.70. The van der Waals surface area contributed by atoms with E-state index < -0.39 is 0 Å². The summed E-state index contributed by atoms with van der Waals surface area (Å²) in [6.07, 6.45) is 2.10. The summed E-state index contributed by atoms with van der Waals surface area (Å²) in [5.74, 6) is 1.70. The molecule has 2 aliphatic rings. The smallest absolute Gasteiger partial charge is 0.254 e. The highest BCUT2D eigenvalue weighted by Gasteiger charge is 2.26. The molecule has 2 aromatic rings. The molecule has 0 aromatic heterocycles. The summed E-state index contributed by atoms with van der Waals surface area (Å²) in [5.41, 5.74) is 4.04. The van der Waals surface area contributed by atoms with Crippen molar-refractivity contribution >= 4 is 5.91 Å². The van der Waals surface area contributed by atoms with Gasteiger partial charge in [0.2, 0.25) is 0 Å². The summed E-state index contributed by atoms with van der Waals surface area (Å²) in [6.45, 7) is 4.66. The van der Waals surface area contributed by atoms with Crippen molar-refractivity contribution < 1.29 is 19.0 Å². The van der Waals surface area contributed by atoms with Crippen LogP contribution >= 0.6 is 0 Å².